The molecular formula is C14H22F3N3. The van der Waals surface area contributed by atoms with Gasteiger partial charge >= 0.3 is 6.18 Å². The van der Waals surface area contributed by atoms with Crippen LogP contribution in [-0.4, -0.2) is 21.8 Å². The summed E-state index contributed by atoms with van der Waals surface area (Å²) in [4.78, 5) is 4.21. The molecule has 3 atom stereocenters. The SMILES string of the molecule is Cn1ccnc1CCC(N)C1CCCC(C(F)(F)F)C1. The van der Waals surface area contributed by atoms with E-state index in [9.17, 15) is 13.2 Å². The summed E-state index contributed by atoms with van der Waals surface area (Å²) in [6, 6.07) is -0.170. The van der Waals surface area contributed by atoms with Crippen LogP contribution in [0.1, 0.15) is 37.9 Å². The molecule has 2 N–H and O–H groups in total. The fourth-order valence-electron chi connectivity index (χ4n) is 3.08. The molecule has 6 heteroatoms. The van der Waals surface area contributed by atoms with Crippen molar-refractivity contribution in [1.82, 2.24) is 9.55 Å². The molecule has 114 valence electrons. The normalized spacial score (nSPS) is 25.6. The minimum atomic E-state index is -4.07. The van der Waals surface area contributed by atoms with Gasteiger partial charge in [-0.15, -0.1) is 0 Å². The zero-order chi connectivity index (χ0) is 14.8. The highest BCUT2D eigenvalue weighted by atomic mass is 19.4. The van der Waals surface area contributed by atoms with Crippen LogP contribution in [0.25, 0.3) is 0 Å². The van der Waals surface area contributed by atoms with Gasteiger partial charge < -0.3 is 10.3 Å². The third-order valence-electron chi connectivity index (χ3n) is 4.41. The zero-order valence-corrected chi connectivity index (χ0v) is 11.7. The van der Waals surface area contributed by atoms with Gasteiger partial charge in [-0.1, -0.05) is 6.42 Å². The highest BCUT2D eigenvalue weighted by Crippen LogP contribution is 2.41. The van der Waals surface area contributed by atoms with E-state index in [2.05, 4.69) is 4.98 Å². The molecular weight excluding hydrogens is 267 g/mol. The largest absolute Gasteiger partial charge is 0.391 e. The van der Waals surface area contributed by atoms with Gasteiger partial charge in [0, 0.05) is 31.9 Å². The second-order valence-corrected chi connectivity index (χ2v) is 5.82. The molecule has 0 saturated heterocycles. The van der Waals surface area contributed by atoms with Gasteiger partial charge in [0.05, 0.1) is 5.92 Å². The lowest BCUT2D eigenvalue weighted by molar-refractivity contribution is -0.186. The molecule has 0 radical (unpaired) electrons. The Morgan fingerprint density at radius 3 is 2.80 bits per heavy atom. The lowest BCUT2D eigenvalue weighted by Crippen LogP contribution is -2.38. The van der Waals surface area contributed by atoms with Crippen LogP contribution in [0.4, 0.5) is 13.2 Å². The molecule has 20 heavy (non-hydrogen) atoms. The lowest BCUT2D eigenvalue weighted by Gasteiger charge is -2.33. The first-order chi connectivity index (χ1) is 9.38. The van der Waals surface area contributed by atoms with E-state index in [1.165, 1.54) is 0 Å². The van der Waals surface area contributed by atoms with E-state index in [0.29, 0.717) is 12.8 Å². The zero-order valence-electron chi connectivity index (χ0n) is 11.7. The number of aromatic nitrogens is 2. The Balaban J connectivity index is 1.86. The highest BCUT2D eigenvalue weighted by Gasteiger charge is 2.43. The Kier molecular flexibility index (Phi) is 4.73. The van der Waals surface area contributed by atoms with E-state index < -0.39 is 12.1 Å². The third-order valence-corrected chi connectivity index (χ3v) is 4.41. The molecule has 1 aliphatic carbocycles. The standard InChI is InChI=1S/C14H22F3N3/c1-20-8-7-19-13(20)6-5-12(18)10-3-2-4-11(9-10)14(15,16)17/h7-8,10-12H,2-6,9,18H2,1H3. The Bertz CT molecular complexity index is 428. The smallest absolute Gasteiger partial charge is 0.338 e. The lowest BCUT2D eigenvalue weighted by atomic mass is 9.76. The molecule has 1 heterocycles. The van der Waals surface area contributed by atoms with Gasteiger partial charge in [-0.05, 0) is 31.6 Å². The molecule has 2 rings (SSSR count). The van der Waals surface area contributed by atoms with Crippen molar-refractivity contribution >= 4 is 0 Å². The van der Waals surface area contributed by atoms with Gasteiger partial charge in [-0.3, -0.25) is 0 Å². The Labute approximate surface area is 117 Å². The van der Waals surface area contributed by atoms with Gasteiger partial charge in [-0.2, -0.15) is 13.2 Å². The van der Waals surface area contributed by atoms with Crippen molar-refractivity contribution in [2.45, 2.75) is 50.7 Å². The van der Waals surface area contributed by atoms with Crippen molar-refractivity contribution in [3.05, 3.63) is 18.2 Å². The molecule has 0 aliphatic heterocycles. The van der Waals surface area contributed by atoms with Gasteiger partial charge in [0.1, 0.15) is 5.82 Å². The fourth-order valence-corrected chi connectivity index (χ4v) is 3.08. The van der Waals surface area contributed by atoms with Gasteiger partial charge in [0.2, 0.25) is 0 Å². The Morgan fingerprint density at radius 1 is 1.45 bits per heavy atom. The van der Waals surface area contributed by atoms with E-state index in [-0.39, 0.29) is 24.8 Å². The minimum absolute atomic E-state index is 0.0179. The quantitative estimate of drug-likeness (QED) is 0.926. The number of nitrogens with zero attached hydrogens (tertiary/aromatic N) is 2. The first kappa shape index (κ1) is 15.4. The first-order valence-electron chi connectivity index (χ1n) is 7.16. The summed E-state index contributed by atoms with van der Waals surface area (Å²) in [5.41, 5.74) is 6.12. The van der Waals surface area contributed by atoms with E-state index in [1.807, 2.05) is 17.8 Å². The van der Waals surface area contributed by atoms with Crippen molar-refractivity contribution in [2.24, 2.45) is 24.6 Å². The van der Waals surface area contributed by atoms with Crippen LogP contribution in [0, 0.1) is 11.8 Å². The van der Waals surface area contributed by atoms with Crippen LogP contribution >= 0.6 is 0 Å². The molecule has 1 aromatic rings. The minimum Gasteiger partial charge on any atom is -0.338 e. The second-order valence-electron chi connectivity index (χ2n) is 5.82. The van der Waals surface area contributed by atoms with E-state index in [4.69, 9.17) is 5.73 Å². The monoisotopic (exact) mass is 289 g/mol. The number of nitrogens with two attached hydrogens (primary N) is 1. The number of aryl methyl sites for hydroxylation is 2. The van der Waals surface area contributed by atoms with Crippen LogP contribution in [0.15, 0.2) is 12.4 Å². The summed E-state index contributed by atoms with van der Waals surface area (Å²) in [7, 11) is 1.91. The van der Waals surface area contributed by atoms with Crippen LogP contribution in [0.2, 0.25) is 0 Å². The number of alkyl halides is 3. The van der Waals surface area contributed by atoms with Crippen molar-refractivity contribution in [1.29, 1.82) is 0 Å². The Hall–Kier alpha value is -1.04. The van der Waals surface area contributed by atoms with E-state index in [1.54, 1.807) is 6.20 Å². The maximum atomic E-state index is 12.8. The van der Waals surface area contributed by atoms with Crippen LogP contribution in [0.3, 0.4) is 0 Å². The summed E-state index contributed by atoms with van der Waals surface area (Å²) < 4.78 is 40.3. The molecule has 1 aromatic heterocycles. The summed E-state index contributed by atoms with van der Waals surface area (Å²) in [6.07, 6.45) is 2.81. The summed E-state index contributed by atoms with van der Waals surface area (Å²) in [5, 5.41) is 0. The van der Waals surface area contributed by atoms with E-state index in [0.717, 1.165) is 18.7 Å². The predicted octanol–water partition coefficient (Wildman–Crippen LogP) is 3.05. The van der Waals surface area contributed by atoms with Crippen molar-refractivity contribution in [2.75, 3.05) is 0 Å². The molecule has 0 bridgehead atoms. The van der Waals surface area contributed by atoms with Crippen molar-refractivity contribution < 1.29 is 13.2 Å². The molecule has 3 nitrogen and oxygen atoms in total. The number of rotatable bonds is 4. The summed E-state index contributed by atoms with van der Waals surface area (Å²) in [6.45, 7) is 0. The number of halogens is 3. The van der Waals surface area contributed by atoms with Gasteiger partial charge in [-0.25, -0.2) is 4.98 Å². The fraction of sp³-hybridized carbons (Fsp3) is 0.786. The topological polar surface area (TPSA) is 43.8 Å². The molecule has 1 saturated carbocycles. The number of hydrogen-bond acceptors (Lipinski definition) is 2. The predicted molar refractivity (Wildman–Crippen MR) is 71.0 cm³/mol. The Morgan fingerprint density at radius 2 is 2.20 bits per heavy atom. The number of hydrogen-bond donors (Lipinski definition) is 1. The van der Waals surface area contributed by atoms with Gasteiger partial charge in [0.25, 0.3) is 0 Å². The molecule has 1 aliphatic rings. The third kappa shape index (κ3) is 3.75. The molecule has 0 aromatic carbocycles. The average Bonchev–Trinajstić information content (AvgIpc) is 2.81. The van der Waals surface area contributed by atoms with E-state index >= 15 is 0 Å². The highest BCUT2D eigenvalue weighted by molar-refractivity contribution is 4.93. The van der Waals surface area contributed by atoms with Gasteiger partial charge in [0.15, 0.2) is 0 Å². The van der Waals surface area contributed by atoms with Crippen LogP contribution < -0.4 is 5.73 Å². The van der Waals surface area contributed by atoms with Crippen molar-refractivity contribution in [3.8, 4) is 0 Å². The molecule has 0 amide bonds. The molecule has 0 spiro atoms. The molecule has 3 unspecified atom stereocenters. The maximum absolute atomic E-state index is 12.8. The number of imidazole rings is 1. The average molecular weight is 289 g/mol. The van der Waals surface area contributed by atoms with Crippen LogP contribution in [0.5, 0.6) is 0 Å². The maximum Gasteiger partial charge on any atom is 0.391 e. The van der Waals surface area contributed by atoms with Crippen LogP contribution in [-0.2, 0) is 13.5 Å². The summed E-state index contributed by atoms with van der Waals surface area (Å²) in [5.74, 6) is -0.250. The second kappa shape index (κ2) is 6.16. The van der Waals surface area contributed by atoms with Crippen molar-refractivity contribution in [3.63, 3.8) is 0 Å². The molecule has 1 fully saturated rings. The summed E-state index contributed by atoms with van der Waals surface area (Å²) >= 11 is 0. The first-order valence-corrected chi connectivity index (χ1v) is 7.16.